The van der Waals surface area contributed by atoms with E-state index in [1.165, 1.54) is 4.90 Å². The van der Waals surface area contributed by atoms with Crippen LogP contribution >= 0.6 is 0 Å². The molecule has 2 aromatic rings. The molecule has 1 fully saturated rings. The molecule has 0 saturated carbocycles. The number of ether oxygens (including phenoxy) is 2. The first kappa shape index (κ1) is 20.2. The van der Waals surface area contributed by atoms with Crippen molar-refractivity contribution in [2.75, 3.05) is 37.8 Å². The second-order valence-electron chi connectivity index (χ2n) is 7.57. The van der Waals surface area contributed by atoms with E-state index in [0.717, 1.165) is 16.9 Å². The minimum Gasteiger partial charge on any atom is -0.494 e. The lowest BCUT2D eigenvalue weighted by Crippen LogP contribution is -2.40. The third-order valence-corrected chi connectivity index (χ3v) is 5.31. The van der Waals surface area contributed by atoms with Crippen LogP contribution in [0.25, 0.3) is 5.57 Å². The van der Waals surface area contributed by atoms with E-state index >= 15 is 0 Å². The maximum absolute atomic E-state index is 13.6. The van der Waals surface area contributed by atoms with E-state index in [4.69, 9.17) is 9.47 Å². The van der Waals surface area contributed by atoms with E-state index in [1.54, 1.807) is 0 Å². The summed E-state index contributed by atoms with van der Waals surface area (Å²) in [7, 11) is 0. The maximum Gasteiger partial charge on any atom is 0.282 e. The van der Waals surface area contributed by atoms with Crippen molar-refractivity contribution in [2.24, 2.45) is 0 Å². The van der Waals surface area contributed by atoms with Crippen molar-refractivity contribution in [2.45, 2.75) is 20.8 Å². The summed E-state index contributed by atoms with van der Waals surface area (Å²) in [6, 6.07) is 13.1. The lowest BCUT2D eigenvalue weighted by molar-refractivity contribution is -0.121. The Bertz CT molecular complexity index is 984. The lowest BCUT2D eigenvalue weighted by Gasteiger charge is -2.29. The van der Waals surface area contributed by atoms with Crippen LogP contribution in [0.2, 0.25) is 0 Å². The minimum absolute atomic E-state index is 0.282. The van der Waals surface area contributed by atoms with E-state index in [9.17, 15) is 9.59 Å². The summed E-state index contributed by atoms with van der Waals surface area (Å²) < 4.78 is 11.0. The Balaban J connectivity index is 1.80. The summed E-state index contributed by atoms with van der Waals surface area (Å²) in [4.78, 5) is 30.4. The first-order valence-corrected chi connectivity index (χ1v) is 10.3. The van der Waals surface area contributed by atoms with Gasteiger partial charge in [-0.25, -0.2) is 4.90 Å². The number of imide groups is 1. The van der Waals surface area contributed by atoms with Crippen LogP contribution in [0, 0.1) is 13.8 Å². The van der Waals surface area contributed by atoms with Gasteiger partial charge in [-0.3, -0.25) is 9.59 Å². The predicted octanol–water partition coefficient (Wildman–Crippen LogP) is 3.32. The Labute approximate surface area is 176 Å². The average molecular weight is 406 g/mol. The molecule has 0 aliphatic carbocycles. The normalized spacial score (nSPS) is 17.2. The first-order valence-electron chi connectivity index (χ1n) is 10.3. The molecule has 30 heavy (non-hydrogen) atoms. The van der Waals surface area contributed by atoms with Crippen molar-refractivity contribution in [3.05, 3.63) is 64.9 Å². The minimum atomic E-state index is -0.296. The van der Waals surface area contributed by atoms with Crippen LogP contribution < -0.4 is 9.64 Å². The van der Waals surface area contributed by atoms with E-state index in [-0.39, 0.29) is 11.8 Å². The molecule has 156 valence electrons. The smallest absolute Gasteiger partial charge is 0.282 e. The molecule has 0 N–H and O–H groups in total. The van der Waals surface area contributed by atoms with Crippen LogP contribution in [0.15, 0.2) is 48.2 Å². The molecule has 0 spiro atoms. The zero-order chi connectivity index (χ0) is 21.3. The third-order valence-electron chi connectivity index (χ3n) is 5.31. The summed E-state index contributed by atoms with van der Waals surface area (Å²) in [6.45, 7) is 8.64. The Morgan fingerprint density at radius 3 is 2.17 bits per heavy atom. The van der Waals surface area contributed by atoms with E-state index in [2.05, 4.69) is 0 Å². The molecule has 0 radical (unpaired) electrons. The standard InChI is InChI=1S/C24H26N2O4/c1-4-30-20-7-5-18(6-8-20)21-22(25-9-11-29-12-10-25)24(28)26(23(21)27)19-14-16(2)13-17(3)15-19/h5-8,13-15H,4,9-12H2,1-3H3. The summed E-state index contributed by atoms with van der Waals surface area (Å²) in [5.74, 6) is 0.157. The molecular formula is C24H26N2O4. The lowest BCUT2D eigenvalue weighted by atomic mass is 10.0. The number of hydrogen-bond acceptors (Lipinski definition) is 5. The molecule has 4 rings (SSSR count). The Morgan fingerprint density at radius 1 is 0.933 bits per heavy atom. The topological polar surface area (TPSA) is 59.1 Å². The largest absolute Gasteiger partial charge is 0.494 e. The van der Waals surface area contributed by atoms with Crippen LogP contribution in [0.5, 0.6) is 5.75 Å². The molecule has 2 heterocycles. The number of amides is 2. The molecule has 2 aliphatic heterocycles. The van der Waals surface area contributed by atoms with E-state index in [0.29, 0.717) is 55.4 Å². The van der Waals surface area contributed by atoms with Crippen molar-refractivity contribution < 1.29 is 19.1 Å². The highest BCUT2D eigenvalue weighted by Gasteiger charge is 2.42. The van der Waals surface area contributed by atoms with Gasteiger partial charge in [-0.15, -0.1) is 0 Å². The quantitative estimate of drug-likeness (QED) is 0.713. The number of aryl methyl sites for hydroxylation is 2. The van der Waals surface area contributed by atoms with E-state index in [1.807, 2.05) is 68.1 Å². The van der Waals surface area contributed by atoms with Gasteiger partial charge in [0.2, 0.25) is 0 Å². The molecule has 2 aliphatic rings. The first-order chi connectivity index (χ1) is 14.5. The van der Waals surface area contributed by atoms with E-state index < -0.39 is 0 Å². The van der Waals surface area contributed by atoms with Crippen LogP contribution in [0.1, 0.15) is 23.6 Å². The molecule has 0 unspecified atom stereocenters. The molecule has 2 aromatic carbocycles. The number of anilines is 1. The highest BCUT2D eigenvalue weighted by molar-refractivity contribution is 6.45. The summed E-state index contributed by atoms with van der Waals surface area (Å²) in [5, 5.41) is 0. The molecule has 2 amide bonds. The van der Waals surface area contributed by atoms with Gasteiger partial charge in [0.1, 0.15) is 11.4 Å². The van der Waals surface area contributed by atoms with Gasteiger partial charge in [-0.05, 0) is 61.7 Å². The molecule has 1 saturated heterocycles. The SMILES string of the molecule is CCOc1ccc(C2=C(N3CCOCC3)C(=O)N(c3cc(C)cc(C)c3)C2=O)cc1. The summed E-state index contributed by atoms with van der Waals surface area (Å²) in [5.41, 5.74) is 4.22. The van der Waals surface area contributed by atoms with Crippen LogP contribution in [0.3, 0.4) is 0 Å². The van der Waals surface area contributed by atoms with Crippen molar-refractivity contribution in [1.82, 2.24) is 4.90 Å². The van der Waals surface area contributed by atoms with Gasteiger partial charge in [-0.2, -0.15) is 0 Å². The Morgan fingerprint density at radius 2 is 1.57 bits per heavy atom. The summed E-state index contributed by atoms with van der Waals surface area (Å²) >= 11 is 0. The second-order valence-corrected chi connectivity index (χ2v) is 7.57. The van der Waals surface area contributed by atoms with Gasteiger partial charge in [-0.1, -0.05) is 18.2 Å². The highest BCUT2D eigenvalue weighted by Crippen LogP contribution is 2.36. The van der Waals surface area contributed by atoms with Crippen molar-refractivity contribution in [1.29, 1.82) is 0 Å². The number of carbonyl (C=O) groups is 2. The molecule has 0 atom stereocenters. The zero-order valence-electron chi connectivity index (χ0n) is 17.6. The number of nitrogens with zero attached hydrogens (tertiary/aromatic N) is 2. The van der Waals surface area contributed by atoms with Gasteiger partial charge >= 0.3 is 0 Å². The number of rotatable bonds is 5. The number of morpholine rings is 1. The maximum atomic E-state index is 13.6. The average Bonchev–Trinajstić information content (AvgIpc) is 2.99. The zero-order valence-corrected chi connectivity index (χ0v) is 17.6. The number of hydrogen-bond donors (Lipinski definition) is 0. The van der Waals surface area contributed by atoms with Gasteiger partial charge in [0, 0.05) is 13.1 Å². The monoisotopic (exact) mass is 406 g/mol. The Hall–Kier alpha value is -3.12. The predicted molar refractivity (Wildman–Crippen MR) is 115 cm³/mol. The van der Waals surface area contributed by atoms with Gasteiger partial charge in [0.05, 0.1) is 31.1 Å². The summed E-state index contributed by atoms with van der Waals surface area (Å²) in [6.07, 6.45) is 0. The van der Waals surface area contributed by atoms with Crippen LogP contribution in [0.4, 0.5) is 5.69 Å². The van der Waals surface area contributed by atoms with Crippen molar-refractivity contribution >= 4 is 23.1 Å². The number of benzene rings is 2. The molecule has 6 nitrogen and oxygen atoms in total. The number of carbonyl (C=O) groups excluding carboxylic acids is 2. The molecule has 0 bridgehead atoms. The fourth-order valence-corrected chi connectivity index (χ4v) is 4.06. The van der Waals surface area contributed by atoms with Gasteiger partial charge in [0.15, 0.2) is 0 Å². The second kappa shape index (κ2) is 8.32. The highest BCUT2D eigenvalue weighted by atomic mass is 16.5. The fraction of sp³-hybridized carbons (Fsp3) is 0.333. The Kier molecular flexibility index (Phi) is 5.59. The van der Waals surface area contributed by atoms with Crippen molar-refractivity contribution in [3.8, 4) is 5.75 Å². The van der Waals surface area contributed by atoms with Crippen LogP contribution in [-0.4, -0.2) is 49.6 Å². The fourth-order valence-electron chi connectivity index (χ4n) is 4.06. The molecule has 6 heteroatoms. The van der Waals surface area contributed by atoms with Gasteiger partial charge in [0.25, 0.3) is 11.8 Å². The molecule has 0 aromatic heterocycles. The van der Waals surface area contributed by atoms with Gasteiger partial charge < -0.3 is 14.4 Å². The van der Waals surface area contributed by atoms with Crippen LogP contribution in [-0.2, 0) is 14.3 Å². The van der Waals surface area contributed by atoms with Crippen molar-refractivity contribution in [3.63, 3.8) is 0 Å². The third kappa shape index (κ3) is 3.71. The molecular weight excluding hydrogens is 380 g/mol.